The zero-order chi connectivity index (χ0) is 16.9. The van der Waals surface area contributed by atoms with E-state index < -0.39 is 6.09 Å². The fourth-order valence-electron chi connectivity index (χ4n) is 2.25. The van der Waals surface area contributed by atoms with Crippen LogP contribution in [0.1, 0.15) is 5.01 Å². The quantitative estimate of drug-likeness (QED) is 0.757. The second-order valence-electron chi connectivity index (χ2n) is 5.53. The van der Waals surface area contributed by atoms with Gasteiger partial charge in [-0.3, -0.25) is 5.32 Å². The molecule has 0 saturated carbocycles. The molecule has 0 radical (unpaired) electrons. The third kappa shape index (κ3) is 4.02. The molecule has 0 saturated heterocycles. The van der Waals surface area contributed by atoms with Crippen molar-refractivity contribution in [2.24, 2.45) is 0 Å². The Labute approximate surface area is 144 Å². The Bertz CT molecular complexity index is 795. The minimum absolute atomic E-state index is 0.307. The van der Waals surface area contributed by atoms with Crippen molar-refractivity contribution in [2.75, 3.05) is 30.9 Å². The molecule has 5 nitrogen and oxygen atoms in total. The third-order valence-electron chi connectivity index (χ3n) is 3.52. The first kappa shape index (κ1) is 16.3. The number of carbonyl (C=O) groups is 1. The minimum Gasteiger partial charge on any atom is -0.449 e. The lowest BCUT2D eigenvalue weighted by Crippen LogP contribution is -2.15. The van der Waals surface area contributed by atoms with Crippen LogP contribution in [0.25, 0.3) is 10.2 Å². The number of benzene rings is 2. The standard InChI is InChI=1S/C18H19N3O2S/c1-21(2)14-9-7-13(8-10-14)19-18(22)23-12-11-17-20-15-5-3-4-6-16(15)24-17/h3-10H,11-12H2,1-2H3,(H,19,22). The van der Waals surface area contributed by atoms with Crippen LogP contribution in [0, 0.1) is 0 Å². The lowest BCUT2D eigenvalue weighted by atomic mass is 10.2. The van der Waals surface area contributed by atoms with E-state index in [2.05, 4.69) is 10.3 Å². The molecule has 1 aromatic heterocycles. The summed E-state index contributed by atoms with van der Waals surface area (Å²) in [6.45, 7) is 0.307. The smallest absolute Gasteiger partial charge is 0.411 e. The van der Waals surface area contributed by atoms with E-state index in [1.807, 2.05) is 67.5 Å². The maximum Gasteiger partial charge on any atom is 0.411 e. The van der Waals surface area contributed by atoms with Crippen molar-refractivity contribution in [3.63, 3.8) is 0 Å². The summed E-state index contributed by atoms with van der Waals surface area (Å²) < 4.78 is 6.38. The molecule has 0 aliphatic rings. The predicted molar refractivity (Wildman–Crippen MR) is 99.1 cm³/mol. The molecule has 3 rings (SSSR count). The van der Waals surface area contributed by atoms with Crippen LogP contribution >= 0.6 is 11.3 Å². The van der Waals surface area contributed by atoms with E-state index in [4.69, 9.17) is 4.74 Å². The third-order valence-corrected chi connectivity index (χ3v) is 4.61. The predicted octanol–water partition coefficient (Wildman–Crippen LogP) is 4.15. The Balaban J connectivity index is 1.48. The summed E-state index contributed by atoms with van der Waals surface area (Å²) in [4.78, 5) is 18.4. The highest BCUT2D eigenvalue weighted by Crippen LogP contribution is 2.21. The van der Waals surface area contributed by atoms with Crippen molar-refractivity contribution in [2.45, 2.75) is 6.42 Å². The average Bonchev–Trinajstić information content (AvgIpc) is 2.98. The van der Waals surface area contributed by atoms with Crippen LogP contribution in [-0.4, -0.2) is 31.8 Å². The van der Waals surface area contributed by atoms with Crippen molar-refractivity contribution in [3.05, 3.63) is 53.5 Å². The highest BCUT2D eigenvalue weighted by molar-refractivity contribution is 7.18. The van der Waals surface area contributed by atoms with Crippen LogP contribution < -0.4 is 10.2 Å². The van der Waals surface area contributed by atoms with Gasteiger partial charge in [0.25, 0.3) is 0 Å². The highest BCUT2D eigenvalue weighted by atomic mass is 32.1. The maximum absolute atomic E-state index is 11.8. The molecule has 1 N–H and O–H groups in total. The zero-order valence-electron chi connectivity index (χ0n) is 13.7. The number of fused-ring (bicyclic) bond motifs is 1. The van der Waals surface area contributed by atoms with Gasteiger partial charge in [0.15, 0.2) is 0 Å². The fraction of sp³-hybridized carbons (Fsp3) is 0.222. The van der Waals surface area contributed by atoms with Crippen molar-refractivity contribution >= 4 is 39.0 Å². The molecule has 0 atom stereocenters. The number of nitrogens with zero attached hydrogens (tertiary/aromatic N) is 2. The number of anilines is 2. The normalized spacial score (nSPS) is 10.6. The van der Waals surface area contributed by atoms with Gasteiger partial charge in [-0.25, -0.2) is 9.78 Å². The lowest BCUT2D eigenvalue weighted by molar-refractivity contribution is 0.163. The van der Waals surface area contributed by atoms with E-state index in [0.29, 0.717) is 18.7 Å². The van der Waals surface area contributed by atoms with Gasteiger partial charge in [-0.2, -0.15) is 0 Å². The van der Waals surface area contributed by atoms with E-state index in [1.54, 1.807) is 11.3 Å². The molecule has 0 spiro atoms. The maximum atomic E-state index is 11.8. The van der Waals surface area contributed by atoms with Gasteiger partial charge < -0.3 is 9.64 Å². The number of nitrogens with one attached hydrogen (secondary N) is 1. The monoisotopic (exact) mass is 341 g/mol. The Morgan fingerprint density at radius 3 is 2.62 bits per heavy atom. The summed E-state index contributed by atoms with van der Waals surface area (Å²) in [6.07, 6.45) is 0.167. The van der Waals surface area contributed by atoms with E-state index in [-0.39, 0.29) is 0 Å². The van der Waals surface area contributed by atoms with Gasteiger partial charge in [0, 0.05) is 31.9 Å². The number of para-hydroxylation sites is 1. The summed E-state index contributed by atoms with van der Waals surface area (Å²) in [5.74, 6) is 0. The molecule has 0 fully saturated rings. The van der Waals surface area contributed by atoms with Crippen LogP contribution in [0.2, 0.25) is 0 Å². The first-order valence-electron chi connectivity index (χ1n) is 7.67. The van der Waals surface area contributed by atoms with Gasteiger partial charge in [0.1, 0.15) is 0 Å². The summed E-state index contributed by atoms with van der Waals surface area (Å²) in [6, 6.07) is 15.6. The Morgan fingerprint density at radius 2 is 1.92 bits per heavy atom. The summed E-state index contributed by atoms with van der Waals surface area (Å²) >= 11 is 1.63. The van der Waals surface area contributed by atoms with Gasteiger partial charge in [-0.1, -0.05) is 12.1 Å². The molecule has 1 amide bonds. The second-order valence-corrected chi connectivity index (χ2v) is 6.64. The van der Waals surface area contributed by atoms with E-state index >= 15 is 0 Å². The number of thiazole rings is 1. The number of carbonyl (C=O) groups excluding carboxylic acids is 1. The first-order valence-corrected chi connectivity index (χ1v) is 8.49. The molecule has 0 aliphatic heterocycles. The lowest BCUT2D eigenvalue weighted by Gasteiger charge is -2.13. The number of amides is 1. The molecule has 6 heteroatoms. The first-order chi connectivity index (χ1) is 11.6. The Hall–Kier alpha value is -2.60. The molecule has 0 unspecified atom stereocenters. The summed E-state index contributed by atoms with van der Waals surface area (Å²) in [7, 11) is 3.94. The van der Waals surface area contributed by atoms with Gasteiger partial charge in [0.2, 0.25) is 0 Å². The van der Waals surface area contributed by atoms with Crippen LogP contribution in [0.4, 0.5) is 16.2 Å². The molecule has 0 bridgehead atoms. The minimum atomic E-state index is -0.450. The van der Waals surface area contributed by atoms with E-state index in [9.17, 15) is 4.79 Å². The summed E-state index contributed by atoms with van der Waals surface area (Å²) in [5.41, 5.74) is 2.78. The van der Waals surface area contributed by atoms with Crippen molar-refractivity contribution in [3.8, 4) is 0 Å². The molecule has 124 valence electrons. The van der Waals surface area contributed by atoms with E-state index in [1.165, 1.54) is 0 Å². The fourth-order valence-corrected chi connectivity index (χ4v) is 3.20. The summed E-state index contributed by atoms with van der Waals surface area (Å²) in [5, 5.41) is 3.70. The second kappa shape index (κ2) is 7.31. The van der Waals surface area contributed by atoms with Crippen LogP contribution in [-0.2, 0) is 11.2 Å². The molecule has 1 heterocycles. The number of aromatic nitrogens is 1. The van der Waals surface area contributed by atoms with Crippen LogP contribution in [0.15, 0.2) is 48.5 Å². The highest BCUT2D eigenvalue weighted by Gasteiger charge is 2.06. The number of rotatable bonds is 5. The van der Waals surface area contributed by atoms with Crippen LogP contribution in [0.3, 0.4) is 0 Å². The number of ether oxygens (including phenoxy) is 1. The Kier molecular flexibility index (Phi) is 4.96. The van der Waals surface area contributed by atoms with Gasteiger partial charge >= 0.3 is 6.09 Å². The largest absolute Gasteiger partial charge is 0.449 e. The molecule has 24 heavy (non-hydrogen) atoms. The Morgan fingerprint density at radius 1 is 1.17 bits per heavy atom. The van der Waals surface area contributed by atoms with Crippen molar-refractivity contribution in [1.29, 1.82) is 0 Å². The van der Waals surface area contributed by atoms with Gasteiger partial charge in [-0.05, 0) is 36.4 Å². The van der Waals surface area contributed by atoms with E-state index in [0.717, 1.165) is 20.9 Å². The molecule has 3 aromatic rings. The van der Waals surface area contributed by atoms with Gasteiger partial charge in [-0.15, -0.1) is 11.3 Å². The SMILES string of the molecule is CN(C)c1ccc(NC(=O)OCCc2nc3ccccc3s2)cc1. The molecule has 2 aromatic carbocycles. The number of hydrogen-bond donors (Lipinski definition) is 1. The molecular formula is C18H19N3O2S. The van der Waals surface area contributed by atoms with Crippen LogP contribution in [0.5, 0.6) is 0 Å². The molecular weight excluding hydrogens is 322 g/mol. The zero-order valence-corrected chi connectivity index (χ0v) is 14.5. The van der Waals surface area contributed by atoms with Crippen molar-refractivity contribution < 1.29 is 9.53 Å². The average molecular weight is 341 g/mol. The number of hydrogen-bond acceptors (Lipinski definition) is 5. The topological polar surface area (TPSA) is 54.5 Å². The van der Waals surface area contributed by atoms with Crippen molar-refractivity contribution in [1.82, 2.24) is 4.98 Å². The van der Waals surface area contributed by atoms with Gasteiger partial charge in [0.05, 0.1) is 21.8 Å². The molecule has 0 aliphatic carbocycles.